The van der Waals surface area contributed by atoms with Gasteiger partial charge in [-0.1, -0.05) is 42.0 Å². The molecule has 0 saturated heterocycles. The maximum absolute atomic E-state index is 12.5. The summed E-state index contributed by atoms with van der Waals surface area (Å²) in [6.45, 7) is 4.02. The molecule has 0 unspecified atom stereocenters. The quantitative estimate of drug-likeness (QED) is 0.360. The average molecular weight is 428 g/mol. The number of ether oxygens (including phenoxy) is 2. The fraction of sp³-hybridized carbons (Fsp3) is 0.174. The highest BCUT2D eigenvalue weighted by Crippen LogP contribution is 2.20. The molecule has 2 aromatic carbocycles. The lowest BCUT2D eigenvalue weighted by Crippen LogP contribution is -2.12. The fourth-order valence-electron chi connectivity index (χ4n) is 2.46. The molecule has 0 saturated carbocycles. The van der Waals surface area contributed by atoms with Crippen molar-refractivity contribution in [1.82, 2.24) is 0 Å². The monoisotopic (exact) mass is 427 g/mol. The molecule has 0 bridgehead atoms. The number of carbonyl (C=O) groups excluding carboxylic acids is 1. The van der Waals surface area contributed by atoms with Crippen LogP contribution in [0.1, 0.15) is 19.4 Å². The molecule has 0 aliphatic carbocycles. The van der Waals surface area contributed by atoms with Crippen molar-refractivity contribution in [2.75, 3.05) is 18.4 Å². The van der Waals surface area contributed by atoms with Gasteiger partial charge in [-0.3, -0.25) is 4.72 Å². The van der Waals surface area contributed by atoms with Crippen LogP contribution in [0.5, 0.6) is 5.75 Å². The zero-order valence-corrected chi connectivity index (χ0v) is 18.0. The van der Waals surface area contributed by atoms with E-state index in [4.69, 9.17) is 9.47 Å². The van der Waals surface area contributed by atoms with Gasteiger partial charge >= 0.3 is 5.97 Å². The van der Waals surface area contributed by atoms with Gasteiger partial charge in [-0.05, 0) is 55.8 Å². The number of hydrogen-bond donors (Lipinski definition) is 1. The fourth-order valence-corrected chi connectivity index (χ4v) is 3.52. The lowest BCUT2D eigenvalue weighted by atomic mass is 10.1. The van der Waals surface area contributed by atoms with E-state index < -0.39 is 10.0 Å². The van der Waals surface area contributed by atoms with Gasteiger partial charge in [0.05, 0.1) is 18.6 Å². The van der Waals surface area contributed by atoms with Crippen LogP contribution in [0.3, 0.4) is 0 Å². The molecule has 0 aromatic heterocycles. The highest BCUT2D eigenvalue weighted by molar-refractivity contribution is 7.92. The van der Waals surface area contributed by atoms with Gasteiger partial charge in [-0.25, -0.2) is 13.2 Å². The Morgan fingerprint density at radius 2 is 1.63 bits per heavy atom. The molecular formula is C23H25NO5S. The number of hydrogen-bond acceptors (Lipinski definition) is 5. The number of rotatable bonds is 9. The number of anilines is 1. The topological polar surface area (TPSA) is 81.7 Å². The van der Waals surface area contributed by atoms with Crippen LogP contribution >= 0.6 is 0 Å². The first-order valence-corrected chi connectivity index (χ1v) is 10.8. The lowest BCUT2D eigenvalue weighted by Gasteiger charge is -2.09. The minimum absolute atomic E-state index is 0.157. The Morgan fingerprint density at radius 1 is 1.00 bits per heavy atom. The second-order valence-corrected chi connectivity index (χ2v) is 7.94. The predicted molar refractivity (Wildman–Crippen MR) is 119 cm³/mol. The van der Waals surface area contributed by atoms with Crippen molar-refractivity contribution in [3.8, 4) is 5.75 Å². The molecule has 1 N–H and O–H groups in total. The number of benzene rings is 2. The molecule has 0 radical (unpaired) electrons. The van der Waals surface area contributed by atoms with E-state index >= 15 is 0 Å². The summed E-state index contributed by atoms with van der Waals surface area (Å²) >= 11 is 0. The van der Waals surface area contributed by atoms with Gasteiger partial charge < -0.3 is 9.47 Å². The van der Waals surface area contributed by atoms with Crippen molar-refractivity contribution in [2.45, 2.75) is 18.7 Å². The number of carbonyl (C=O) groups is 1. The van der Waals surface area contributed by atoms with Crippen LogP contribution in [0.4, 0.5) is 5.69 Å². The Kier molecular flexibility index (Phi) is 8.43. The number of sulfonamides is 1. The Labute approximate surface area is 177 Å². The highest BCUT2D eigenvalue weighted by atomic mass is 32.2. The van der Waals surface area contributed by atoms with Crippen molar-refractivity contribution in [3.63, 3.8) is 0 Å². The third-order valence-corrected chi connectivity index (χ3v) is 5.31. The maximum Gasteiger partial charge on any atom is 0.330 e. The molecule has 158 valence electrons. The third kappa shape index (κ3) is 7.25. The molecule has 0 amide bonds. The lowest BCUT2D eigenvalue weighted by molar-refractivity contribution is -0.137. The Balaban J connectivity index is 2.01. The first-order chi connectivity index (χ1) is 14.3. The van der Waals surface area contributed by atoms with Crippen LogP contribution < -0.4 is 9.46 Å². The van der Waals surface area contributed by atoms with Gasteiger partial charge in [0.15, 0.2) is 0 Å². The van der Waals surface area contributed by atoms with Crippen molar-refractivity contribution in [3.05, 3.63) is 84.0 Å². The number of esters is 1. The minimum atomic E-state index is -3.68. The predicted octanol–water partition coefficient (Wildman–Crippen LogP) is 4.57. The first kappa shape index (κ1) is 23.0. The standard InChI is InChI=1S/C23H25NO5S/c1-4-29-23(25)8-6-5-7-18(2)17-19-9-11-20(12-10-19)24-30(26,27)22-15-13-21(28-3)14-16-22/h5-17,24H,4H2,1-3H3/b7-5+,8-6+,18-17+. The molecule has 0 spiro atoms. The van der Waals surface area contributed by atoms with Crippen LogP contribution in [-0.2, 0) is 19.6 Å². The SMILES string of the molecule is CCOC(=O)/C=C/C=C/C(C)=C/c1ccc(NS(=O)(=O)c2ccc(OC)cc2)cc1. The van der Waals surface area contributed by atoms with Crippen molar-refractivity contribution in [1.29, 1.82) is 0 Å². The van der Waals surface area contributed by atoms with Crippen LogP contribution in [0, 0.1) is 0 Å². The number of nitrogens with one attached hydrogen (secondary N) is 1. The van der Waals surface area contributed by atoms with E-state index in [9.17, 15) is 13.2 Å². The summed E-state index contributed by atoms with van der Waals surface area (Å²) < 4.78 is 37.4. The van der Waals surface area contributed by atoms with E-state index in [2.05, 4.69) is 4.72 Å². The summed E-state index contributed by atoms with van der Waals surface area (Å²) in [6.07, 6.45) is 8.52. The molecule has 0 atom stereocenters. The molecule has 7 heteroatoms. The van der Waals surface area contributed by atoms with Gasteiger partial charge in [0, 0.05) is 11.8 Å². The van der Waals surface area contributed by atoms with Crippen LogP contribution in [-0.4, -0.2) is 28.1 Å². The molecule has 2 aromatic rings. The second-order valence-electron chi connectivity index (χ2n) is 6.26. The molecule has 0 aliphatic heterocycles. The Bertz CT molecular complexity index is 1030. The Hall–Kier alpha value is -3.32. The van der Waals surface area contributed by atoms with E-state index in [1.807, 2.05) is 31.2 Å². The molecule has 2 rings (SSSR count). The van der Waals surface area contributed by atoms with Crippen molar-refractivity contribution >= 4 is 27.8 Å². The summed E-state index contributed by atoms with van der Waals surface area (Å²) in [6, 6.07) is 13.2. The van der Waals surface area contributed by atoms with Crippen molar-refractivity contribution < 1.29 is 22.7 Å². The van der Waals surface area contributed by atoms with E-state index in [1.165, 1.54) is 25.3 Å². The zero-order valence-electron chi connectivity index (χ0n) is 17.2. The largest absolute Gasteiger partial charge is 0.497 e. The molecular weight excluding hydrogens is 402 g/mol. The van der Waals surface area contributed by atoms with Crippen LogP contribution in [0.15, 0.2) is 83.3 Å². The van der Waals surface area contributed by atoms with E-state index in [0.29, 0.717) is 18.0 Å². The summed E-state index contributed by atoms with van der Waals surface area (Å²) in [4.78, 5) is 11.4. The number of methoxy groups -OCH3 is 1. The molecule has 30 heavy (non-hydrogen) atoms. The third-order valence-electron chi connectivity index (χ3n) is 3.92. The maximum atomic E-state index is 12.5. The molecule has 0 aliphatic rings. The van der Waals surface area contributed by atoms with Gasteiger partial charge in [-0.2, -0.15) is 0 Å². The molecule has 0 heterocycles. The Morgan fingerprint density at radius 3 is 2.23 bits per heavy atom. The summed E-state index contributed by atoms with van der Waals surface area (Å²) in [5.41, 5.74) is 2.35. The number of allylic oxidation sites excluding steroid dienone is 4. The average Bonchev–Trinajstić information content (AvgIpc) is 2.73. The molecule has 0 fully saturated rings. The van der Waals surface area contributed by atoms with E-state index in [0.717, 1.165) is 11.1 Å². The van der Waals surface area contributed by atoms with Gasteiger partial charge in [0.1, 0.15) is 5.75 Å². The van der Waals surface area contributed by atoms with Gasteiger partial charge in [-0.15, -0.1) is 0 Å². The second kappa shape index (κ2) is 11.0. The highest BCUT2D eigenvalue weighted by Gasteiger charge is 2.14. The summed E-state index contributed by atoms with van der Waals surface area (Å²) in [5, 5.41) is 0. The van der Waals surface area contributed by atoms with Crippen LogP contribution in [0.2, 0.25) is 0 Å². The van der Waals surface area contributed by atoms with Gasteiger partial charge in [0.25, 0.3) is 10.0 Å². The summed E-state index contributed by atoms with van der Waals surface area (Å²) in [5.74, 6) is 0.211. The minimum Gasteiger partial charge on any atom is -0.497 e. The molecule has 6 nitrogen and oxygen atoms in total. The zero-order chi connectivity index (χ0) is 22.0. The van der Waals surface area contributed by atoms with Crippen molar-refractivity contribution in [2.24, 2.45) is 0 Å². The van der Waals surface area contributed by atoms with Gasteiger partial charge in [0.2, 0.25) is 0 Å². The summed E-state index contributed by atoms with van der Waals surface area (Å²) in [7, 11) is -2.15. The van der Waals surface area contributed by atoms with E-state index in [-0.39, 0.29) is 10.9 Å². The smallest absolute Gasteiger partial charge is 0.330 e. The van der Waals surface area contributed by atoms with E-state index in [1.54, 1.807) is 43.3 Å². The normalized spacial score (nSPS) is 12.3. The first-order valence-electron chi connectivity index (χ1n) is 9.31. The van der Waals surface area contributed by atoms with Crippen LogP contribution in [0.25, 0.3) is 6.08 Å².